The van der Waals surface area contributed by atoms with Gasteiger partial charge in [-0.25, -0.2) is 0 Å². The van der Waals surface area contributed by atoms with E-state index in [-0.39, 0.29) is 11.3 Å². The molecule has 0 radical (unpaired) electrons. The van der Waals surface area contributed by atoms with Crippen LogP contribution in [-0.4, -0.2) is 28.1 Å². The van der Waals surface area contributed by atoms with Crippen LogP contribution in [0.5, 0.6) is 11.5 Å². The molecule has 30 heavy (non-hydrogen) atoms. The number of phenolic OH excluding ortho intramolecular Hbond substituents is 1. The monoisotopic (exact) mass is 425 g/mol. The van der Waals surface area contributed by atoms with Gasteiger partial charge >= 0.3 is 11.3 Å². The highest BCUT2D eigenvalue weighted by Gasteiger charge is 2.37. The first-order valence-corrected chi connectivity index (χ1v) is 11.0. The third kappa shape index (κ3) is 3.87. The van der Waals surface area contributed by atoms with Crippen LogP contribution in [0.4, 0.5) is 5.69 Å². The van der Waals surface area contributed by atoms with Gasteiger partial charge in [0.2, 0.25) is 5.16 Å². The highest BCUT2D eigenvalue weighted by atomic mass is 32.2. The lowest BCUT2D eigenvalue weighted by molar-refractivity contribution is -0.759. The number of fused-ring (bicyclic) bond motifs is 3. The van der Waals surface area contributed by atoms with Crippen molar-refractivity contribution in [2.45, 2.75) is 37.5 Å². The van der Waals surface area contributed by atoms with Crippen molar-refractivity contribution in [3.05, 3.63) is 58.4 Å². The van der Waals surface area contributed by atoms with E-state index in [9.17, 15) is 9.90 Å². The number of H-pyrrole nitrogens is 1. The lowest BCUT2D eigenvalue weighted by Gasteiger charge is -2.22. The number of rotatable bonds is 7. The average Bonchev–Trinajstić information content (AvgIpc) is 2.76. The topological polar surface area (TPSA) is 91.1 Å². The van der Waals surface area contributed by atoms with Gasteiger partial charge in [-0.3, -0.25) is 9.78 Å². The summed E-state index contributed by atoms with van der Waals surface area (Å²) in [5, 5.41) is 19.1. The number of aromatic hydroxyl groups is 1. The summed E-state index contributed by atoms with van der Waals surface area (Å²) in [6.07, 6.45) is 2.93. The van der Waals surface area contributed by atoms with E-state index in [4.69, 9.17) is 9.84 Å². The van der Waals surface area contributed by atoms with E-state index in [1.54, 1.807) is 28.6 Å². The maximum atomic E-state index is 13.1. The molecule has 1 aliphatic heterocycles. The van der Waals surface area contributed by atoms with Crippen LogP contribution in [0.3, 0.4) is 0 Å². The normalized spacial score (nSPS) is 14.5. The van der Waals surface area contributed by atoms with Crippen molar-refractivity contribution in [2.75, 3.05) is 18.2 Å². The molecule has 3 N–H and O–H groups in total. The molecule has 2 heterocycles. The van der Waals surface area contributed by atoms with E-state index in [0.717, 1.165) is 41.8 Å². The Labute approximate surface area is 179 Å². The second kappa shape index (κ2) is 8.79. The van der Waals surface area contributed by atoms with Crippen LogP contribution in [0.1, 0.15) is 37.9 Å². The Morgan fingerprint density at radius 1 is 1.23 bits per heavy atom. The van der Waals surface area contributed by atoms with Crippen molar-refractivity contribution >= 4 is 17.4 Å². The molecule has 0 saturated heterocycles. The van der Waals surface area contributed by atoms with Crippen molar-refractivity contribution in [3.8, 4) is 22.8 Å². The predicted molar refractivity (Wildman–Crippen MR) is 117 cm³/mol. The molecule has 1 aliphatic rings. The molecule has 8 heteroatoms. The average molecular weight is 426 g/mol. The summed E-state index contributed by atoms with van der Waals surface area (Å²) in [6.45, 7) is 2.16. The Morgan fingerprint density at radius 2 is 2.07 bits per heavy atom. The van der Waals surface area contributed by atoms with Crippen molar-refractivity contribution in [3.63, 3.8) is 0 Å². The molecule has 0 amide bonds. The lowest BCUT2D eigenvalue weighted by atomic mass is 10.0. The Hall–Kier alpha value is -3.00. The maximum absolute atomic E-state index is 13.1. The molecule has 156 valence electrons. The van der Waals surface area contributed by atoms with Crippen LogP contribution in [-0.2, 0) is 0 Å². The second-order valence-corrected chi connectivity index (χ2v) is 8.22. The fraction of sp³-hybridized carbons (Fsp3) is 0.318. The van der Waals surface area contributed by atoms with E-state index >= 15 is 0 Å². The van der Waals surface area contributed by atoms with Gasteiger partial charge in [0.05, 0.1) is 18.4 Å². The summed E-state index contributed by atoms with van der Waals surface area (Å²) in [7, 11) is 1.51. The molecule has 1 atom stereocenters. The first kappa shape index (κ1) is 20.3. The van der Waals surface area contributed by atoms with Crippen LogP contribution in [0.25, 0.3) is 11.3 Å². The summed E-state index contributed by atoms with van der Waals surface area (Å²) in [5.41, 5.74) is 2.72. The summed E-state index contributed by atoms with van der Waals surface area (Å²) in [4.78, 5) is 16.0. The van der Waals surface area contributed by atoms with E-state index in [1.165, 1.54) is 7.11 Å². The molecule has 2 aromatic carbocycles. The zero-order valence-electron chi connectivity index (χ0n) is 17.0. The summed E-state index contributed by atoms with van der Waals surface area (Å²) in [5.74, 6) is 1.33. The number of benzene rings is 2. The number of nitrogens with zero attached hydrogens (tertiary/aromatic N) is 2. The number of aromatic amines is 1. The van der Waals surface area contributed by atoms with Crippen LogP contribution in [0.15, 0.2) is 52.4 Å². The third-order valence-electron chi connectivity index (χ3n) is 5.09. The zero-order chi connectivity index (χ0) is 21.1. The number of para-hydroxylation sites is 1. The number of nitrogens with one attached hydrogen (secondary N) is 2. The Kier molecular flexibility index (Phi) is 5.94. The van der Waals surface area contributed by atoms with Crippen molar-refractivity contribution < 1.29 is 14.5 Å². The maximum Gasteiger partial charge on any atom is 0.325 e. The Bertz CT molecular complexity index is 1120. The van der Waals surface area contributed by atoms with E-state index in [0.29, 0.717) is 16.6 Å². The number of anilines is 1. The number of unbranched alkanes of at least 4 members (excludes halogenated alkanes) is 2. The van der Waals surface area contributed by atoms with Crippen LogP contribution < -0.4 is 20.3 Å². The Balaban J connectivity index is 1.80. The van der Waals surface area contributed by atoms with Crippen molar-refractivity contribution in [1.29, 1.82) is 0 Å². The van der Waals surface area contributed by atoms with E-state index in [1.807, 2.05) is 30.3 Å². The quantitative estimate of drug-likeness (QED) is 0.304. The lowest BCUT2D eigenvalue weighted by Crippen LogP contribution is -2.55. The highest BCUT2D eigenvalue weighted by molar-refractivity contribution is 7.99. The molecule has 0 unspecified atom stereocenters. The van der Waals surface area contributed by atoms with Gasteiger partial charge in [-0.05, 0) is 41.4 Å². The second-order valence-electron chi connectivity index (χ2n) is 7.13. The summed E-state index contributed by atoms with van der Waals surface area (Å²) in [6, 6.07) is 12.9. The van der Waals surface area contributed by atoms with Gasteiger partial charge in [-0.2, -0.15) is 0 Å². The van der Waals surface area contributed by atoms with Gasteiger partial charge in [-0.1, -0.05) is 43.7 Å². The smallest absolute Gasteiger partial charge is 0.325 e. The Morgan fingerprint density at radius 3 is 2.83 bits per heavy atom. The number of ether oxygens (including phenoxy) is 1. The molecule has 0 bridgehead atoms. The SMILES string of the molecule is CCCCCSc1n[n+]2c(c(=O)[nH]1)-c1ccccc1N[C@@H]2c1ccc(OC)c(O)c1. The predicted octanol–water partition coefficient (Wildman–Crippen LogP) is 3.69. The van der Waals surface area contributed by atoms with Gasteiger partial charge in [0.1, 0.15) is 0 Å². The number of phenols is 1. The standard InChI is InChI=1S/C22H24N4O3S/c1-3-4-7-12-30-22-24-21(28)19-15-8-5-6-9-16(15)23-20(26(19)25-22)14-10-11-18(29-2)17(27)13-14/h5-6,8-11,13,20H,3-4,7,12H2,1-2H3,(H2,24,25,27,28)/p+1/t20-/m0/s1. The number of methoxy groups -OCH3 is 1. The molecule has 3 aromatic rings. The number of hydrogen-bond acceptors (Lipinski definition) is 6. The molecular weight excluding hydrogens is 400 g/mol. The first-order chi connectivity index (χ1) is 14.6. The third-order valence-corrected chi connectivity index (χ3v) is 6.04. The van der Waals surface area contributed by atoms with Gasteiger partial charge in [0.25, 0.3) is 6.17 Å². The van der Waals surface area contributed by atoms with Crippen LogP contribution in [0.2, 0.25) is 0 Å². The molecule has 4 rings (SSSR count). The van der Waals surface area contributed by atoms with Gasteiger partial charge in [-0.15, -0.1) is 0 Å². The van der Waals surface area contributed by atoms with Gasteiger partial charge in [0, 0.05) is 16.4 Å². The molecular formula is C22H25N4O3S+. The van der Waals surface area contributed by atoms with Crippen LogP contribution >= 0.6 is 11.8 Å². The molecule has 7 nitrogen and oxygen atoms in total. The van der Waals surface area contributed by atoms with E-state index < -0.39 is 6.17 Å². The number of aromatic nitrogens is 3. The minimum Gasteiger partial charge on any atom is -0.504 e. The molecule has 0 fully saturated rings. The molecule has 0 spiro atoms. The summed E-state index contributed by atoms with van der Waals surface area (Å²) >= 11 is 1.55. The van der Waals surface area contributed by atoms with Gasteiger partial charge in [0.15, 0.2) is 11.5 Å². The first-order valence-electron chi connectivity index (χ1n) is 10.0. The number of hydrogen-bond donors (Lipinski definition) is 3. The highest BCUT2D eigenvalue weighted by Crippen LogP contribution is 2.34. The fourth-order valence-corrected chi connectivity index (χ4v) is 4.43. The summed E-state index contributed by atoms with van der Waals surface area (Å²) < 4.78 is 6.88. The van der Waals surface area contributed by atoms with Crippen molar-refractivity contribution in [2.24, 2.45) is 0 Å². The van der Waals surface area contributed by atoms with Crippen molar-refractivity contribution in [1.82, 2.24) is 10.1 Å². The zero-order valence-corrected chi connectivity index (χ0v) is 17.8. The molecule has 0 saturated carbocycles. The van der Waals surface area contributed by atoms with E-state index in [2.05, 4.69) is 17.2 Å². The van der Waals surface area contributed by atoms with Gasteiger partial charge < -0.3 is 15.2 Å². The molecule has 1 aromatic heterocycles. The minimum absolute atomic E-state index is 0.0387. The van der Waals surface area contributed by atoms with Crippen LogP contribution in [0, 0.1) is 0 Å². The largest absolute Gasteiger partial charge is 0.504 e. The fourth-order valence-electron chi connectivity index (χ4n) is 3.58. The minimum atomic E-state index is -0.441. The molecule has 0 aliphatic carbocycles. The number of thioether (sulfide) groups is 1.